The Labute approximate surface area is 159 Å². The Kier molecular flexibility index (Phi) is 3.88. The molecule has 2 heterocycles. The molecule has 0 bridgehead atoms. The van der Waals surface area contributed by atoms with Gasteiger partial charge in [0, 0.05) is 17.5 Å². The van der Waals surface area contributed by atoms with Gasteiger partial charge in [0.2, 0.25) is 11.8 Å². The topological polar surface area (TPSA) is 63.7 Å². The summed E-state index contributed by atoms with van der Waals surface area (Å²) in [7, 11) is 0. The van der Waals surface area contributed by atoms with Crippen LogP contribution in [0, 0.1) is 11.3 Å². The molecule has 0 N–H and O–H groups in total. The third kappa shape index (κ3) is 2.33. The Morgan fingerprint density at radius 2 is 1.63 bits per heavy atom. The first kappa shape index (κ1) is 17.0. The van der Waals surface area contributed by atoms with Crippen molar-refractivity contribution >= 4 is 17.8 Å². The predicted octanol–water partition coefficient (Wildman–Crippen LogP) is 3.57. The van der Waals surface area contributed by atoms with E-state index in [-0.39, 0.29) is 23.8 Å². The van der Waals surface area contributed by atoms with Crippen molar-refractivity contribution in [1.29, 1.82) is 0 Å². The summed E-state index contributed by atoms with van der Waals surface area (Å²) in [6, 6.07) is 7.38. The number of para-hydroxylation sites is 1. The number of hydrogen-bond acceptors (Lipinski definition) is 4. The number of carbonyl (C=O) groups excluding carboxylic acids is 3. The summed E-state index contributed by atoms with van der Waals surface area (Å²) in [6.07, 6.45) is 8.40. The van der Waals surface area contributed by atoms with Crippen LogP contribution in [0.5, 0.6) is 5.75 Å². The summed E-state index contributed by atoms with van der Waals surface area (Å²) in [5, 5.41) is 0. The minimum atomic E-state index is -0.877. The Balaban J connectivity index is 1.65. The highest BCUT2D eigenvalue weighted by molar-refractivity contribution is 6.12. The largest absolute Gasteiger partial charge is 0.426 e. The van der Waals surface area contributed by atoms with Gasteiger partial charge in [-0.15, -0.1) is 0 Å². The van der Waals surface area contributed by atoms with Crippen LogP contribution in [0.25, 0.3) is 0 Å². The zero-order chi connectivity index (χ0) is 18.6. The van der Waals surface area contributed by atoms with E-state index in [1.807, 2.05) is 18.2 Å². The predicted molar refractivity (Wildman–Crippen MR) is 97.9 cm³/mol. The first-order valence-electron chi connectivity index (χ1n) is 10.3. The quantitative estimate of drug-likeness (QED) is 0.329. The van der Waals surface area contributed by atoms with Gasteiger partial charge in [0.1, 0.15) is 11.7 Å². The van der Waals surface area contributed by atoms with Gasteiger partial charge in [0.05, 0.1) is 5.41 Å². The number of rotatable bonds is 1. The normalized spacial score (nSPS) is 30.2. The number of piperidine rings is 1. The van der Waals surface area contributed by atoms with Gasteiger partial charge in [0.25, 0.3) is 0 Å². The molecule has 2 aliphatic carbocycles. The number of likely N-dealkylation sites (tertiary alicyclic amines) is 1. The van der Waals surface area contributed by atoms with E-state index in [1.165, 1.54) is 4.90 Å². The number of fused-ring (bicyclic) bond motifs is 4. The van der Waals surface area contributed by atoms with Crippen LogP contribution in [0.15, 0.2) is 24.3 Å². The maximum Gasteiger partial charge on any atom is 0.324 e. The first-order valence-corrected chi connectivity index (χ1v) is 10.3. The SMILES string of the molecule is O=C1Oc2ccccc2C2C1C(=O)N(C1CCCCC1)C(=O)C21CCCC1. The maximum absolute atomic E-state index is 13.8. The summed E-state index contributed by atoms with van der Waals surface area (Å²) in [5.74, 6) is -1.57. The summed E-state index contributed by atoms with van der Waals surface area (Å²) in [5.41, 5.74) is 0.222. The minimum Gasteiger partial charge on any atom is -0.426 e. The molecular weight excluding hydrogens is 342 g/mol. The second-order valence-corrected chi connectivity index (χ2v) is 8.58. The molecule has 1 spiro atoms. The van der Waals surface area contributed by atoms with E-state index in [9.17, 15) is 14.4 Å². The van der Waals surface area contributed by atoms with Crippen LogP contribution in [0.4, 0.5) is 0 Å². The molecule has 5 heteroatoms. The van der Waals surface area contributed by atoms with E-state index in [4.69, 9.17) is 4.74 Å². The van der Waals surface area contributed by atoms with Gasteiger partial charge in [-0.3, -0.25) is 19.3 Å². The van der Waals surface area contributed by atoms with Crippen molar-refractivity contribution < 1.29 is 19.1 Å². The highest BCUT2D eigenvalue weighted by atomic mass is 16.5. The molecule has 3 fully saturated rings. The fraction of sp³-hybridized carbons (Fsp3) is 0.591. The number of benzene rings is 1. The monoisotopic (exact) mass is 367 g/mol. The average Bonchev–Trinajstić information content (AvgIpc) is 3.17. The van der Waals surface area contributed by atoms with Crippen LogP contribution < -0.4 is 4.74 Å². The smallest absolute Gasteiger partial charge is 0.324 e. The van der Waals surface area contributed by atoms with Crippen LogP contribution >= 0.6 is 0 Å². The molecule has 142 valence electrons. The van der Waals surface area contributed by atoms with Crippen molar-refractivity contribution in [2.45, 2.75) is 69.7 Å². The average molecular weight is 367 g/mol. The number of carbonyl (C=O) groups is 3. The third-order valence-corrected chi connectivity index (χ3v) is 7.23. The Bertz CT molecular complexity index is 804. The Morgan fingerprint density at radius 3 is 2.37 bits per heavy atom. The number of nitrogens with zero attached hydrogens (tertiary/aromatic N) is 1. The van der Waals surface area contributed by atoms with Gasteiger partial charge < -0.3 is 4.74 Å². The zero-order valence-corrected chi connectivity index (χ0v) is 15.5. The minimum absolute atomic E-state index is 0.0253. The molecule has 1 aromatic carbocycles. The number of esters is 1. The second-order valence-electron chi connectivity index (χ2n) is 8.58. The highest BCUT2D eigenvalue weighted by Crippen LogP contribution is 2.59. The van der Waals surface area contributed by atoms with Gasteiger partial charge >= 0.3 is 5.97 Å². The van der Waals surface area contributed by atoms with Gasteiger partial charge in [-0.25, -0.2) is 0 Å². The second kappa shape index (κ2) is 6.18. The van der Waals surface area contributed by atoms with E-state index >= 15 is 0 Å². The molecule has 2 unspecified atom stereocenters. The molecule has 0 radical (unpaired) electrons. The lowest BCUT2D eigenvalue weighted by atomic mass is 9.60. The van der Waals surface area contributed by atoms with Crippen molar-refractivity contribution in [3.8, 4) is 5.75 Å². The van der Waals surface area contributed by atoms with Crippen LogP contribution in [-0.2, 0) is 14.4 Å². The number of ether oxygens (including phenoxy) is 1. The highest BCUT2D eigenvalue weighted by Gasteiger charge is 2.64. The Hall–Kier alpha value is -2.17. The van der Waals surface area contributed by atoms with Crippen molar-refractivity contribution in [1.82, 2.24) is 4.90 Å². The van der Waals surface area contributed by atoms with E-state index in [0.29, 0.717) is 5.75 Å². The van der Waals surface area contributed by atoms with Crippen LogP contribution in [0.2, 0.25) is 0 Å². The summed E-state index contributed by atoms with van der Waals surface area (Å²) in [6.45, 7) is 0. The molecule has 0 aromatic heterocycles. The van der Waals surface area contributed by atoms with Gasteiger partial charge in [-0.05, 0) is 31.7 Å². The fourth-order valence-electron chi connectivity index (χ4n) is 6.02. The van der Waals surface area contributed by atoms with Crippen LogP contribution in [0.3, 0.4) is 0 Å². The van der Waals surface area contributed by atoms with Crippen LogP contribution in [0.1, 0.15) is 69.3 Å². The summed E-state index contributed by atoms with van der Waals surface area (Å²) >= 11 is 0. The molecule has 1 aromatic rings. The molecule has 27 heavy (non-hydrogen) atoms. The standard InChI is InChI=1S/C22H25NO4/c24-19-17-18(15-10-4-5-11-16(15)27-20(17)25)22(12-6-7-13-22)21(26)23(19)14-8-2-1-3-9-14/h4-5,10-11,14,17-18H,1-3,6-9,12-13H2. The van der Waals surface area contributed by atoms with Gasteiger partial charge in [0.15, 0.2) is 0 Å². The summed E-state index contributed by atoms with van der Waals surface area (Å²) in [4.78, 5) is 41.6. The van der Waals surface area contributed by atoms with Gasteiger partial charge in [-0.1, -0.05) is 50.3 Å². The molecule has 4 aliphatic rings. The van der Waals surface area contributed by atoms with Crippen molar-refractivity contribution in [2.75, 3.05) is 0 Å². The number of amides is 2. The molecular formula is C22H25NO4. The van der Waals surface area contributed by atoms with Crippen LogP contribution in [-0.4, -0.2) is 28.7 Å². The molecule has 2 amide bonds. The van der Waals surface area contributed by atoms with Crippen molar-refractivity contribution in [3.63, 3.8) is 0 Å². The van der Waals surface area contributed by atoms with E-state index in [2.05, 4.69) is 0 Å². The third-order valence-electron chi connectivity index (χ3n) is 7.23. The molecule has 2 atom stereocenters. The lowest BCUT2D eigenvalue weighted by Gasteiger charge is -2.51. The molecule has 1 saturated heterocycles. The summed E-state index contributed by atoms with van der Waals surface area (Å²) < 4.78 is 5.55. The van der Waals surface area contributed by atoms with E-state index in [0.717, 1.165) is 63.4 Å². The lowest BCUT2D eigenvalue weighted by molar-refractivity contribution is -0.174. The molecule has 2 aliphatic heterocycles. The van der Waals surface area contributed by atoms with Crippen molar-refractivity contribution in [2.24, 2.45) is 11.3 Å². The zero-order valence-electron chi connectivity index (χ0n) is 15.5. The van der Waals surface area contributed by atoms with E-state index < -0.39 is 17.3 Å². The van der Waals surface area contributed by atoms with E-state index in [1.54, 1.807) is 6.07 Å². The molecule has 5 rings (SSSR count). The Morgan fingerprint density at radius 1 is 0.926 bits per heavy atom. The maximum atomic E-state index is 13.8. The van der Waals surface area contributed by atoms with Gasteiger partial charge in [-0.2, -0.15) is 0 Å². The number of imide groups is 1. The molecule has 5 nitrogen and oxygen atoms in total. The first-order chi connectivity index (χ1) is 13.1. The molecule has 2 saturated carbocycles. The fourth-order valence-corrected chi connectivity index (χ4v) is 6.02. The lowest BCUT2D eigenvalue weighted by Crippen LogP contribution is -2.64. The number of hydrogen-bond donors (Lipinski definition) is 0. The van der Waals surface area contributed by atoms with Crippen molar-refractivity contribution in [3.05, 3.63) is 29.8 Å².